The van der Waals surface area contributed by atoms with E-state index in [1.54, 1.807) is 6.20 Å². The lowest BCUT2D eigenvalue weighted by Gasteiger charge is -2.32. The van der Waals surface area contributed by atoms with Crippen LogP contribution in [0, 0.1) is 6.92 Å². The maximum absolute atomic E-state index is 6.03. The number of hydrogen-bond donors (Lipinski definition) is 1. The minimum Gasteiger partial charge on any atom is -0.472 e. The van der Waals surface area contributed by atoms with Crippen LogP contribution < -0.4 is 10.1 Å². The summed E-state index contributed by atoms with van der Waals surface area (Å²) in [6.07, 6.45) is 5.05. The van der Waals surface area contributed by atoms with E-state index < -0.39 is 0 Å². The first kappa shape index (κ1) is 13.3. The van der Waals surface area contributed by atoms with Crippen LogP contribution in [0.3, 0.4) is 0 Å². The fourth-order valence-electron chi connectivity index (χ4n) is 2.92. The number of aryl methyl sites for hydroxylation is 1. The van der Waals surface area contributed by atoms with Crippen molar-refractivity contribution in [2.75, 3.05) is 19.7 Å². The van der Waals surface area contributed by atoms with Gasteiger partial charge in [-0.05, 0) is 54.9 Å². The third kappa shape index (κ3) is 2.93. The predicted molar refractivity (Wildman–Crippen MR) is 76.5 cm³/mol. The minimum absolute atomic E-state index is 0.0409. The molecule has 0 aliphatic carbocycles. The summed E-state index contributed by atoms with van der Waals surface area (Å²) >= 11 is 3.42. The van der Waals surface area contributed by atoms with Crippen LogP contribution in [-0.2, 0) is 4.74 Å². The molecule has 2 aliphatic rings. The highest BCUT2D eigenvalue weighted by Crippen LogP contribution is 2.35. The third-order valence-corrected chi connectivity index (χ3v) is 4.40. The van der Waals surface area contributed by atoms with Gasteiger partial charge in [0.1, 0.15) is 6.10 Å². The van der Waals surface area contributed by atoms with Gasteiger partial charge < -0.3 is 14.8 Å². The summed E-state index contributed by atoms with van der Waals surface area (Å²) in [5.74, 6) is 0.725. The monoisotopic (exact) mass is 326 g/mol. The summed E-state index contributed by atoms with van der Waals surface area (Å²) in [5, 5.41) is 3.38. The van der Waals surface area contributed by atoms with Gasteiger partial charge in [-0.25, -0.2) is 4.98 Å². The summed E-state index contributed by atoms with van der Waals surface area (Å²) in [4.78, 5) is 4.34. The van der Waals surface area contributed by atoms with Gasteiger partial charge in [-0.15, -0.1) is 0 Å². The predicted octanol–water partition coefficient (Wildman–Crippen LogP) is 2.44. The average Bonchev–Trinajstić information content (AvgIpc) is 2.77. The molecule has 1 atom stereocenters. The molecule has 0 aromatic carbocycles. The molecule has 3 rings (SSSR count). The fraction of sp³-hybridized carbons (Fsp3) is 0.643. The highest BCUT2D eigenvalue weighted by atomic mass is 79.9. The number of aromatic nitrogens is 1. The molecule has 1 aromatic heterocycles. The molecule has 1 aromatic rings. The number of piperidine rings is 1. The van der Waals surface area contributed by atoms with E-state index in [1.165, 1.54) is 0 Å². The quantitative estimate of drug-likeness (QED) is 0.906. The van der Waals surface area contributed by atoms with Gasteiger partial charge in [-0.2, -0.15) is 0 Å². The molecule has 4 nitrogen and oxygen atoms in total. The Labute approximate surface area is 122 Å². The molecule has 2 fully saturated rings. The van der Waals surface area contributed by atoms with Crippen molar-refractivity contribution in [2.45, 2.75) is 37.9 Å². The second-order valence-corrected chi connectivity index (χ2v) is 6.38. The molecular weight excluding hydrogens is 308 g/mol. The Morgan fingerprint density at radius 2 is 2.26 bits per heavy atom. The van der Waals surface area contributed by atoms with Crippen LogP contribution in [0.15, 0.2) is 16.7 Å². The van der Waals surface area contributed by atoms with Crippen LogP contribution in [0.4, 0.5) is 0 Å². The fourth-order valence-corrected chi connectivity index (χ4v) is 3.36. The van der Waals surface area contributed by atoms with E-state index in [1.807, 2.05) is 13.0 Å². The number of rotatable bonds is 2. The first-order valence-corrected chi connectivity index (χ1v) is 7.60. The number of nitrogens with zero attached hydrogens (tertiary/aromatic N) is 1. The molecule has 19 heavy (non-hydrogen) atoms. The number of nitrogens with one attached hydrogen (secondary N) is 1. The van der Waals surface area contributed by atoms with Gasteiger partial charge in [-0.3, -0.25) is 0 Å². The van der Waals surface area contributed by atoms with E-state index >= 15 is 0 Å². The van der Waals surface area contributed by atoms with Gasteiger partial charge in [-0.1, -0.05) is 0 Å². The van der Waals surface area contributed by atoms with Crippen molar-refractivity contribution in [2.24, 2.45) is 0 Å². The lowest BCUT2D eigenvalue weighted by Crippen LogP contribution is -2.41. The molecule has 1 unspecified atom stereocenters. The maximum atomic E-state index is 6.03. The average molecular weight is 327 g/mol. The Morgan fingerprint density at radius 3 is 3.00 bits per heavy atom. The van der Waals surface area contributed by atoms with Crippen LogP contribution in [0.1, 0.15) is 24.8 Å². The zero-order chi connectivity index (χ0) is 13.3. The Hall–Kier alpha value is -0.650. The van der Waals surface area contributed by atoms with Gasteiger partial charge in [0.2, 0.25) is 5.88 Å². The SMILES string of the molecule is Cc1cc(Br)cnc1OC1COC2(CCNCC2)C1. The van der Waals surface area contributed by atoms with E-state index in [9.17, 15) is 0 Å². The molecule has 2 saturated heterocycles. The summed E-state index contributed by atoms with van der Waals surface area (Å²) in [5.41, 5.74) is 1.10. The molecule has 0 radical (unpaired) electrons. The van der Waals surface area contributed by atoms with E-state index in [2.05, 4.69) is 26.2 Å². The Morgan fingerprint density at radius 1 is 1.47 bits per heavy atom. The summed E-state index contributed by atoms with van der Waals surface area (Å²) < 4.78 is 13.0. The molecule has 0 bridgehead atoms. The highest BCUT2D eigenvalue weighted by molar-refractivity contribution is 9.10. The molecule has 2 aliphatic heterocycles. The molecule has 104 valence electrons. The van der Waals surface area contributed by atoms with E-state index in [4.69, 9.17) is 9.47 Å². The van der Waals surface area contributed by atoms with Gasteiger partial charge in [0, 0.05) is 22.7 Å². The smallest absolute Gasteiger partial charge is 0.216 e. The summed E-state index contributed by atoms with van der Waals surface area (Å²) in [7, 11) is 0. The van der Waals surface area contributed by atoms with Gasteiger partial charge in [0.15, 0.2) is 0 Å². The largest absolute Gasteiger partial charge is 0.472 e. The Bertz CT molecular complexity index is 461. The van der Waals surface area contributed by atoms with Crippen LogP contribution >= 0.6 is 15.9 Å². The lowest BCUT2D eigenvalue weighted by molar-refractivity contribution is -0.0205. The van der Waals surface area contributed by atoms with Crippen molar-refractivity contribution < 1.29 is 9.47 Å². The Balaban J connectivity index is 1.65. The van der Waals surface area contributed by atoms with Crippen LogP contribution in [0.5, 0.6) is 5.88 Å². The van der Waals surface area contributed by atoms with Crippen molar-refractivity contribution in [1.82, 2.24) is 10.3 Å². The first-order chi connectivity index (χ1) is 9.17. The number of ether oxygens (including phenoxy) is 2. The molecule has 0 amide bonds. The number of pyridine rings is 1. The number of hydrogen-bond acceptors (Lipinski definition) is 4. The van der Waals surface area contributed by atoms with Crippen LogP contribution in [0.2, 0.25) is 0 Å². The zero-order valence-corrected chi connectivity index (χ0v) is 12.7. The molecule has 0 saturated carbocycles. The van der Waals surface area contributed by atoms with Crippen LogP contribution in [-0.4, -0.2) is 36.4 Å². The topological polar surface area (TPSA) is 43.4 Å². The van der Waals surface area contributed by atoms with Gasteiger partial charge in [0.05, 0.1) is 12.2 Å². The van der Waals surface area contributed by atoms with Crippen molar-refractivity contribution in [3.63, 3.8) is 0 Å². The highest BCUT2D eigenvalue weighted by Gasteiger charge is 2.42. The van der Waals surface area contributed by atoms with E-state index in [0.717, 1.165) is 48.3 Å². The zero-order valence-electron chi connectivity index (χ0n) is 11.1. The van der Waals surface area contributed by atoms with Gasteiger partial charge in [0.25, 0.3) is 0 Å². The van der Waals surface area contributed by atoms with Gasteiger partial charge >= 0.3 is 0 Å². The summed E-state index contributed by atoms with van der Waals surface area (Å²) in [6.45, 7) is 4.78. The Kier molecular flexibility index (Phi) is 3.78. The maximum Gasteiger partial charge on any atom is 0.216 e. The normalized spacial score (nSPS) is 25.7. The molecular formula is C14H19BrN2O2. The molecule has 3 heterocycles. The lowest BCUT2D eigenvalue weighted by atomic mass is 9.89. The standard InChI is InChI=1S/C14H19BrN2O2/c1-10-6-11(15)8-17-13(10)19-12-7-14(18-9-12)2-4-16-5-3-14/h6,8,12,16H,2-5,7,9H2,1H3. The first-order valence-electron chi connectivity index (χ1n) is 6.80. The molecule has 1 N–H and O–H groups in total. The van der Waals surface area contributed by atoms with Crippen molar-refractivity contribution in [3.05, 3.63) is 22.3 Å². The van der Waals surface area contributed by atoms with Crippen molar-refractivity contribution >= 4 is 15.9 Å². The molecule has 1 spiro atoms. The van der Waals surface area contributed by atoms with E-state index in [-0.39, 0.29) is 11.7 Å². The van der Waals surface area contributed by atoms with Crippen LogP contribution in [0.25, 0.3) is 0 Å². The van der Waals surface area contributed by atoms with Crippen molar-refractivity contribution in [3.8, 4) is 5.88 Å². The minimum atomic E-state index is 0.0409. The number of halogens is 1. The third-order valence-electron chi connectivity index (χ3n) is 3.97. The second kappa shape index (κ2) is 5.38. The second-order valence-electron chi connectivity index (χ2n) is 5.46. The van der Waals surface area contributed by atoms with E-state index in [0.29, 0.717) is 6.61 Å². The molecule has 5 heteroatoms. The van der Waals surface area contributed by atoms with Crippen molar-refractivity contribution in [1.29, 1.82) is 0 Å². The summed E-state index contributed by atoms with van der Waals surface area (Å²) in [6, 6.07) is 2.03.